The molecule has 0 aromatic rings. The number of methoxy groups -OCH3 is 1. The Balaban J connectivity index is 2.45. The van der Waals surface area contributed by atoms with Crippen LogP contribution in [0.5, 0.6) is 0 Å². The number of allylic oxidation sites excluding steroid dienone is 2. The highest BCUT2D eigenvalue weighted by molar-refractivity contribution is 5.86. The van der Waals surface area contributed by atoms with Crippen LogP contribution in [0.4, 0.5) is 0 Å². The van der Waals surface area contributed by atoms with Crippen LogP contribution in [-0.2, 0) is 4.74 Å². The fourth-order valence-corrected chi connectivity index (χ4v) is 1.52. The first kappa shape index (κ1) is 11.8. The largest absolute Gasteiger partial charge is 0.411 e. The third kappa shape index (κ3) is 4.16. The molecule has 0 saturated heterocycles. The Labute approximate surface area is 90.5 Å². The summed E-state index contributed by atoms with van der Waals surface area (Å²) in [6.45, 7) is 1.49. The van der Waals surface area contributed by atoms with Gasteiger partial charge in [-0.25, -0.2) is 0 Å². The molecule has 4 nitrogen and oxygen atoms in total. The van der Waals surface area contributed by atoms with Gasteiger partial charge in [0.1, 0.15) is 0 Å². The zero-order chi connectivity index (χ0) is 11.1. The van der Waals surface area contributed by atoms with Gasteiger partial charge in [0.2, 0.25) is 0 Å². The molecule has 0 aromatic heterocycles. The molecule has 1 heterocycles. The van der Waals surface area contributed by atoms with Crippen LogP contribution in [0.15, 0.2) is 29.1 Å². The van der Waals surface area contributed by atoms with Gasteiger partial charge in [-0.15, -0.1) is 0 Å². The second-order valence-electron chi connectivity index (χ2n) is 3.67. The maximum absolute atomic E-state index is 8.82. The summed E-state index contributed by atoms with van der Waals surface area (Å²) in [7, 11) is 3.67. The van der Waals surface area contributed by atoms with Crippen molar-refractivity contribution in [1.82, 2.24) is 4.90 Å². The molecule has 84 valence electrons. The number of nitrogens with zero attached hydrogens (tertiary/aromatic N) is 2. The first-order valence-electron chi connectivity index (χ1n) is 5.01. The molecule has 0 unspecified atom stereocenters. The highest BCUT2D eigenvalue weighted by Crippen LogP contribution is 2.11. The summed E-state index contributed by atoms with van der Waals surface area (Å²) in [5.74, 6) is 0. The van der Waals surface area contributed by atoms with Crippen molar-refractivity contribution >= 4 is 5.71 Å². The lowest BCUT2D eigenvalue weighted by atomic mass is 10.0. The van der Waals surface area contributed by atoms with Crippen molar-refractivity contribution in [3.63, 3.8) is 0 Å². The molecule has 0 aliphatic carbocycles. The number of oxime groups is 1. The predicted octanol–water partition coefficient (Wildman–Crippen LogP) is 1.63. The minimum Gasteiger partial charge on any atom is -0.411 e. The average molecular weight is 210 g/mol. The summed E-state index contributed by atoms with van der Waals surface area (Å²) < 4.78 is 4.95. The summed E-state index contributed by atoms with van der Waals surface area (Å²) in [6.07, 6.45) is 7.49. The third-order valence-electron chi connectivity index (χ3n) is 2.29. The number of rotatable bonds is 5. The van der Waals surface area contributed by atoms with E-state index in [4.69, 9.17) is 9.94 Å². The number of ether oxygens (including phenoxy) is 1. The molecule has 1 aliphatic rings. The van der Waals surface area contributed by atoms with Gasteiger partial charge in [-0.3, -0.25) is 0 Å². The molecule has 0 atom stereocenters. The Kier molecular flexibility index (Phi) is 4.90. The van der Waals surface area contributed by atoms with Gasteiger partial charge < -0.3 is 14.8 Å². The third-order valence-corrected chi connectivity index (χ3v) is 2.29. The van der Waals surface area contributed by atoms with E-state index in [1.54, 1.807) is 7.11 Å². The van der Waals surface area contributed by atoms with E-state index in [0.29, 0.717) is 19.4 Å². The molecule has 0 saturated carbocycles. The molecule has 0 fully saturated rings. The van der Waals surface area contributed by atoms with E-state index in [-0.39, 0.29) is 0 Å². The van der Waals surface area contributed by atoms with Crippen molar-refractivity contribution in [3.05, 3.63) is 23.9 Å². The Morgan fingerprint density at radius 3 is 3.07 bits per heavy atom. The van der Waals surface area contributed by atoms with Crippen LogP contribution in [0, 0.1) is 0 Å². The van der Waals surface area contributed by atoms with Crippen molar-refractivity contribution in [2.24, 2.45) is 5.16 Å². The number of hydrogen-bond acceptors (Lipinski definition) is 4. The molecule has 0 bridgehead atoms. The zero-order valence-electron chi connectivity index (χ0n) is 9.31. The lowest BCUT2D eigenvalue weighted by molar-refractivity contribution is 0.205. The second-order valence-corrected chi connectivity index (χ2v) is 3.67. The number of likely N-dealkylation sites (N-methyl/N-ethyl adjacent to an activating group) is 1. The first-order chi connectivity index (χ1) is 7.26. The summed E-state index contributed by atoms with van der Waals surface area (Å²) in [5, 5.41) is 12.1. The highest BCUT2D eigenvalue weighted by Gasteiger charge is 2.08. The maximum Gasteiger partial charge on any atom is 0.0634 e. The SMILES string of the molecule is COCCC(CC1=CC=CN(C)C1)=NO. The van der Waals surface area contributed by atoms with Gasteiger partial charge >= 0.3 is 0 Å². The van der Waals surface area contributed by atoms with Crippen molar-refractivity contribution in [2.45, 2.75) is 12.8 Å². The molecular weight excluding hydrogens is 192 g/mol. The van der Waals surface area contributed by atoms with E-state index in [1.165, 1.54) is 5.57 Å². The fraction of sp³-hybridized carbons (Fsp3) is 0.545. The standard InChI is InChI=1S/C11H18N2O2/c1-13-6-3-4-10(9-13)8-11(12-14)5-7-15-2/h3-4,6,14H,5,7-9H2,1-2H3. The van der Waals surface area contributed by atoms with Gasteiger partial charge in [0, 0.05) is 33.5 Å². The molecule has 0 spiro atoms. The van der Waals surface area contributed by atoms with Crippen molar-refractivity contribution in [2.75, 3.05) is 27.3 Å². The average Bonchev–Trinajstić information content (AvgIpc) is 2.24. The molecule has 1 aliphatic heterocycles. The lowest BCUT2D eigenvalue weighted by Gasteiger charge is -2.19. The summed E-state index contributed by atoms with van der Waals surface area (Å²) in [5.41, 5.74) is 2.02. The van der Waals surface area contributed by atoms with Gasteiger partial charge in [0.15, 0.2) is 0 Å². The van der Waals surface area contributed by atoms with Gasteiger partial charge in [-0.05, 0) is 17.8 Å². The van der Waals surface area contributed by atoms with Crippen LogP contribution in [0.2, 0.25) is 0 Å². The lowest BCUT2D eigenvalue weighted by Crippen LogP contribution is -2.18. The number of hydrogen-bond donors (Lipinski definition) is 1. The van der Waals surface area contributed by atoms with Gasteiger partial charge in [-0.1, -0.05) is 11.2 Å². The van der Waals surface area contributed by atoms with Crippen LogP contribution >= 0.6 is 0 Å². The monoisotopic (exact) mass is 210 g/mol. The van der Waals surface area contributed by atoms with E-state index in [2.05, 4.69) is 16.1 Å². The zero-order valence-corrected chi connectivity index (χ0v) is 9.31. The van der Waals surface area contributed by atoms with Crippen molar-refractivity contribution in [1.29, 1.82) is 0 Å². The Hall–Kier alpha value is -1.29. The molecule has 0 amide bonds. The summed E-state index contributed by atoms with van der Waals surface area (Å²) >= 11 is 0. The van der Waals surface area contributed by atoms with Gasteiger partial charge in [0.05, 0.1) is 12.3 Å². The highest BCUT2D eigenvalue weighted by atomic mass is 16.5. The van der Waals surface area contributed by atoms with E-state index in [9.17, 15) is 0 Å². The van der Waals surface area contributed by atoms with Crippen LogP contribution in [0.3, 0.4) is 0 Å². The Morgan fingerprint density at radius 1 is 1.67 bits per heavy atom. The van der Waals surface area contributed by atoms with Gasteiger partial charge in [0.25, 0.3) is 0 Å². The van der Waals surface area contributed by atoms with Crippen LogP contribution < -0.4 is 0 Å². The minimum atomic E-state index is 0.596. The molecular formula is C11H18N2O2. The molecule has 15 heavy (non-hydrogen) atoms. The maximum atomic E-state index is 8.82. The predicted molar refractivity (Wildman–Crippen MR) is 60.2 cm³/mol. The van der Waals surface area contributed by atoms with Crippen molar-refractivity contribution in [3.8, 4) is 0 Å². The Bertz CT molecular complexity index is 282. The topological polar surface area (TPSA) is 45.1 Å². The molecule has 1 N–H and O–H groups in total. The second kappa shape index (κ2) is 6.24. The van der Waals surface area contributed by atoms with E-state index >= 15 is 0 Å². The van der Waals surface area contributed by atoms with Crippen LogP contribution in [0.1, 0.15) is 12.8 Å². The molecule has 0 aromatic carbocycles. The normalized spacial score (nSPS) is 16.8. The fourth-order valence-electron chi connectivity index (χ4n) is 1.52. The molecule has 4 heteroatoms. The van der Waals surface area contributed by atoms with E-state index in [1.807, 2.05) is 19.3 Å². The Morgan fingerprint density at radius 2 is 2.47 bits per heavy atom. The van der Waals surface area contributed by atoms with Gasteiger partial charge in [-0.2, -0.15) is 0 Å². The summed E-state index contributed by atoms with van der Waals surface area (Å²) in [6, 6.07) is 0. The molecule has 0 radical (unpaired) electrons. The first-order valence-corrected chi connectivity index (χ1v) is 5.01. The van der Waals surface area contributed by atoms with E-state index < -0.39 is 0 Å². The van der Waals surface area contributed by atoms with Crippen molar-refractivity contribution < 1.29 is 9.94 Å². The molecule has 1 rings (SSSR count). The quantitative estimate of drug-likeness (QED) is 0.426. The minimum absolute atomic E-state index is 0.596. The summed E-state index contributed by atoms with van der Waals surface area (Å²) in [4.78, 5) is 2.10. The van der Waals surface area contributed by atoms with Crippen LogP contribution in [-0.4, -0.2) is 43.1 Å². The van der Waals surface area contributed by atoms with E-state index in [0.717, 1.165) is 12.3 Å². The van der Waals surface area contributed by atoms with Crippen LogP contribution in [0.25, 0.3) is 0 Å². The smallest absolute Gasteiger partial charge is 0.0634 e.